The average molecular weight is 182 g/mol. The van der Waals surface area contributed by atoms with E-state index in [1.807, 2.05) is 0 Å². The first kappa shape index (κ1) is 9.31. The van der Waals surface area contributed by atoms with E-state index in [9.17, 15) is 13.2 Å². The van der Waals surface area contributed by atoms with Gasteiger partial charge in [0.15, 0.2) is 0 Å². The first-order chi connectivity index (χ1) is 5.27. The van der Waals surface area contributed by atoms with Gasteiger partial charge in [-0.05, 0) is 6.92 Å². The first-order valence-corrected chi connectivity index (χ1v) is 3.34. The maximum atomic E-state index is 12.2. The molecule has 1 unspecified atom stereocenters. The number of alkyl halides is 3. The second-order valence-electron chi connectivity index (χ2n) is 2.85. The van der Waals surface area contributed by atoms with Crippen molar-refractivity contribution in [3.63, 3.8) is 0 Å². The molecule has 1 N–H and O–H groups in total. The summed E-state index contributed by atoms with van der Waals surface area (Å²) in [7, 11) is 1.10. The molecule has 0 aromatic carbocycles. The Kier molecular flexibility index (Phi) is 1.82. The highest BCUT2D eigenvalue weighted by Crippen LogP contribution is 2.38. The molecule has 0 spiro atoms. The van der Waals surface area contributed by atoms with Gasteiger partial charge in [-0.15, -0.1) is 0 Å². The Morgan fingerprint density at radius 2 is 2.08 bits per heavy atom. The van der Waals surface area contributed by atoms with E-state index in [1.165, 1.54) is 6.92 Å². The Hall–Kier alpha value is -0.780. The molecule has 0 amide bonds. The molecule has 0 radical (unpaired) electrons. The minimum absolute atomic E-state index is 0.275. The van der Waals surface area contributed by atoms with Gasteiger partial charge in [0.05, 0.1) is 0 Å². The van der Waals surface area contributed by atoms with Crippen molar-refractivity contribution >= 4 is 5.71 Å². The highest BCUT2D eigenvalue weighted by Gasteiger charge is 2.59. The van der Waals surface area contributed by atoms with Crippen LogP contribution >= 0.6 is 0 Å². The molecular formula is C6H9F3N2O. The number of hydrogen-bond donors (Lipinski definition) is 1. The second kappa shape index (κ2) is 2.35. The number of rotatable bonds is 0. The van der Waals surface area contributed by atoms with Gasteiger partial charge in [-0.1, -0.05) is 0 Å². The van der Waals surface area contributed by atoms with E-state index in [-0.39, 0.29) is 5.71 Å². The molecule has 0 bridgehead atoms. The highest BCUT2D eigenvalue weighted by atomic mass is 19.4. The average Bonchev–Trinajstić information content (AvgIpc) is 2.06. The summed E-state index contributed by atoms with van der Waals surface area (Å²) in [5, 5.41) is 13.2. The van der Waals surface area contributed by atoms with Crippen molar-refractivity contribution in [2.24, 2.45) is 5.10 Å². The topological polar surface area (TPSA) is 35.8 Å². The Morgan fingerprint density at radius 3 is 2.25 bits per heavy atom. The summed E-state index contributed by atoms with van der Waals surface area (Å²) in [5.41, 5.74) is -2.53. The lowest BCUT2D eigenvalue weighted by Crippen LogP contribution is -2.53. The Bertz CT molecular complexity index is 225. The van der Waals surface area contributed by atoms with Crippen LogP contribution in [0.3, 0.4) is 0 Å². The zero-order valence-corrected chi connectivity index (χ0v) is 6.68. The van der Waals surface area contributed by atoms with E-state index in [0.717, 1.165) is 7.05 Å². The van der Waals surface area contributed by atoms with Crippen LogP contribution in [0.25, 0.3) is 0 Å². The fraction of sp³-hybridized carbons (Fsp3) is 0.833. The summed E-state index contributed by atoms with van der Waals surface area (Å²) in [6.07, 6.45) is -5.14. The molecule has 1 rings (SSSR count). The first-order valence-electron chi connectivity index (χ1n) is 3.34. The van der Waals surface area contributed by atoms with Gasteiger partial charge in [-0.25, -0.2) is 0 Å². The van der Waals surface area contributed by atoms with Crippen LogP contribution in [0.5, 0.6) is 0 Å². The molecule has 12 heavy (non-hydrogen) atoms. The molecular weight excluding hydrogens is 173 g/mol. The van der Waals surface area contributed by atoms with Crippen LogP contribution in [0.15, 0.2) is 5.10 Å². The molecule has 1 aliphatic rings. The van der Waals surface area contributed by atoms with E-state index < -0.39 is 18.3 Å². The quantitative estimate of drug-likeness (QED) is 0.605. The molecule has 1 heterocycles. The summed E-state index contributed by atoms with van der Waals surface area (Å²) < 4.78 is 36.6. The second-order valence-corrected chi connectivity index (χ2v) is 2.85. The van der Waals surface area contributed by atoms with Gasteiger partial charge >= 0.3 is 6.18 Å². The molecule has 6 heteroatoms. The summed E-state index contributed by atoms with van der Waals surface area (Å²) in [6.45, 7) is 1.44. The summed E-state index contributed by atoms with van der Waals surface area (Å²) in [5.74, 6) is 0. The highest BCUT2D eigenvalue weighted by molar-refractivity contribution is 5.84. The lowest BCUT2D eigenvalue weighted by molar-refractivity contribution is -0.303. The van der Waals surface area contributed by atoms with Gasteiger partial charge in [-0.3, -0.25) is 5.01 Å². The molecule has 1 aliphatic heterocycles. The van der Waals surface area contributed by atoms with Crippen LogP contribution in [0.1, 0.15) is 13.3 Å². The van der Waals surface area contributed by atoms with Crippen molar-refractivity contribution in [2.75, 3.05) is 7.05 Å². The number of aliphatic hydroxyl groups is 1. The zero-order valence-electron chi connectivity index (χ0n) is 6.68. The van der Waals surface area contributed by atoms with E-state index in [4.69, 9.17) is 5.11 Å². The fourth-order valence-electron chi connectivity index (χ4n) is 1.13. The monoisotopic (exact) mass is 182 g/mol. The van der Waals surface area contributed by atoms with Crippen molar-refractivity contribution in [3.05, 3.63) is 0 Å². The SMILES string of the molecule is CC1=NN(C)C(O)(C(F)(F)F)C1. The molecule has 0 aromatic heterocycles. The number of hydrogen-bond acceptors (Lipinski definition) is 3. The van der Waals surface area contributed by atoms with E-state index >= 15 is 0 Å². The smallest absolute Gasteiger partial charge is 0.362 e. The number of hydrazone groups is 1. The van der Waals surface area contributed by atoms with Crippen LogP contribution in [0, 0.1) is 0 Å². The third-order valence-electron chi connectivity index (χ3n) is 1.81. The summed E-state index contributed by atoms with van der Waals surface area (Å²) >= 11 is 0. The van der Waals surface area contributed by atoms with Crippen molar-refractivity contribution < 1.29 is 18.3 Å². The van der Waals surface area contributed by atoms with Gasteiger partial charge in [0.25, 0.3) is 5.72 Å². The van der Waals surface area contributed by atoms with Crippen molar-refractivity contribution in [1.29, 1.82) is 0 Å². The minimum Gasteiger partial charge on any atom is -0.362 e. The van der Waals surface area contributed by atoms with Crippen LogP contribution in [-0.4, -0.2) is 34.8 Å². The standard InChI is InChI=1S/C6H9F3N2O/c1-4-3-5(12,6(7,8)9)11(2)10-4/h12H,3H2,1-2H3. The lowest BCUT2D eigenvalue weighted by atomic mass is 10.1. The van der Waals surface area contributed by atoms with E-state index in [2.05, 4.69) is 5.10 Å². The molecule has 0 saturated heterocycles. The third-order valence-corrected chi connectivity index (χ3v) is 1.81. The molecule has 0 aromatic rings. The summed E-state index contributed by atoms with van der Waals surface area (Å²) in [4.78, 5) is 0. The predicted molar refractivity (Wildman–Crippen MR) is 36.5 cm³/mol. The van der Waals surface area contributed by atoms with E-state index in [0.29, 0.717) is 5.01 Å². The molecule has 3 nitrogen and oxygen atoms in total. The Balaban J connectivity index is 2.91. The number of halogens is 3. The van der Waals surface area contributed by atoms with Crippen molar-refractivity contribution in [2.45, 2.75) is 25.2 Å². The van der Waals surface area contributed by atoms with Crippen LogP contribution in [0.2, 0.25) is 0 Å². The van der Waals surface area contributed by atoms with Gasteiger partial charge < -0.3 is 5.11 Å². The van der Waals surface area contributed by atoms with E-state index in [1.54, 1.807) is 0 Å². The molecule has 0 aliphatic carbocycles. The minimum atomic E-state index is -4.66. The third kappa shape index (κ3) is 1.16. The van der Waals surface area contributed by atoms with Crippen LogP contribution in [-0.2, 0) is 0 Å². The van der Waals surface area contributed by atoms with Gasteiger partial charge in [0, 0.05) is 19.2 Å². The van der Waals surface area contributed by atoms with Crippen LogP contribution < -0.4 is 0 Å². The number of nitrogens with zero attached hydrogens (tertiary/aromatic N) is 2. The van der Waals surface area contributed by atoms with Gasteiger partial charge in [-0.2, -0.15) is 18.3 Å². The fourth-order valence-corrected chi connectivity index (χ4v) is 1.13. The zero-order chi connectivity index (χ0) is 9.57. The maximum absolute atomic E-state index is 12.2. The van der Waals surface area contributed by atoms with Gasteiger partial charge in [0.2, 0.25) is 0 Å². The predicted octanol–water partition coefficient (Wildman–Crippen LogP) is 0.949. The summed E-state index contributed by atoms with van der Waals surface area (Å²) in [6, 6.07) is 0. The lowest BCUT2D eigenvalue weighted by Gasteiger charge is -2.31. The Morgan fingerprint density at radius 1 is 1.58 bits per heavy atom. The Labute approximate surface area is 67.5 Å². The normalized spacial score (nSPS) is 30.8. The van der Waals surface area contributed by atoms with Crippen molar-refractivity contribution in [1.82, 2.24) is 5.01 Å². The molecule has 0 fully saturated rings. The molecule has 0 saturated carbocycles. The van der Waals surface area contributed by atoms with Crippen LogP contribution in [0.4, 0.5) is 13.2 Å². The molecule has 70 valence electrons. The largest absolute Gasteiger partial charge is 0.438 e. The molecule has 1 atom stereocenters. The van der Waals surface area contributed by atoms with Crippen molar-refractivity contribution in [3.8, 4) is 0 Å². The maximum Gasteiger partial charge on any atom is 0.438 e. The van der Waals surface area contributed by atoms with Gasteiger partial charge in [0.1, 0.15) is 0 Å².